The van der Waals surface area contributed by atoms with Gasteiger partial charge < -0.3 is 4.90 Å². The molecule has 0 unspecified atom stereocenters. The third kappa shape index (κ3) is 3.51. The quantitative estimate of drug-likeness (QED) is 0.480. The minimum absolute atomic E-state index is 0.176. The van der Waals surface area contributed by atoms with Crippen LogP contribution in [0.5, 0.6) is 0 Å². The first-order valence-corrected chi connectivity index (χ1v) is 10.4. The third-order valence-corrected chi connectivity index (χ3v) is 6.04. The molecule has 4 aromatic rings. The second kappa shape index (κ2) is 7.36. The molecule has 4 heterocycles. The van der Waals surface area contributed by atoms with E-state index in [0.29, 0.717) is 9.97 Å². The van der Waals surface area contributed by atoms with E-state index in [1.54, 1.807) is 12.1 Å². The van der Waals surface area contributed by atoms with Crippen molar-refractivity contribution in [1.29, 1.82) is 0 Å². The van der Waals surface area contributed by atoms with Gasteiger partial charge in [0.1, 0.15) is 10.8 Å². The van der Waals surface area contributed by atoms with Crippen molar-refractivity contribution in [3.05, 3.63) is 65.0 Å². The predicted octanol–water partition coefficient (Wildman–Crippen LogP) is 4.01. The molecule has 8 heteroatoms. The summed E-state index contributed by atoms with van der Waals surface area (Å²) in [5.41, 5.74) is 2.28. The molecule has 1 aliphatic heterocycles. The lowest BCUT2D eigenvalue weighted by atomic mass is 10.0. The number of benzene rings is 1. The van der Waals surface area contributed by atoms with Crippen LogP contribution in [0.3, 0.4) is 0 Å². The van der Waals surface area contributed by atoms with Gasteiger partial charge in [-0.05, 0) is 42.5 Å². The van der Waals surface area contributed by atoms with Crippen LogP contribution in [0.1, 0.15) is 19.3 Å². The van der Waals surface area contributed by atoms with E-state index in [0.717, 1.165) is 48.4 Å². The third-order valence-electron chi connectivity index (χ3n) is 5.08. The van der Waals surface area contributed by atoms with Gasteiger partial charge in [0.25, 0.3) is 5.56 Å². The molecule has 6 nitrogen and oxygen atoms in total. The lowest BCUT2D eigenvalue weighted by Gasteiger charge is -2.27. The first-order chi connectivity index (χ1) is 14.2. The Labute approximate surface area is 170 Å². The van der Waals surface area contributed by atoms with Crippen molar-refractivity contribution in [3.8, 4) is 21.7 Å². The average Bonchev–Trinajstić information content (AvgIpc) is 3.19. The van der Waals surface area contributed by atoms with Crippen molar-refractivity contribution in [2.75, 3.05) is 18.0 Å². The highest BCUT2D eigenvalue weighted by molar-refractivity contribution is 7.19. The Morgan fingerprint density at radius 2 is 1.76 bits per heavy atom. The van der Waals surface area contributed by atoms with E-state index < -0.39 is 5.95 Å². The number of anilines is 1. The number of pyridine rings is 1. The van der Waals surface area contributed by atoms with Gasteiger partial charge in [0.15, 0.2) is 0 Å². The molecule has 1 aliphatic rings. The Balaban J connectivity index is 1.55. The van der Waals surface area contributed by atoms with Crippen molar-refractivity contribution in [2.45, 2.75) is 19.3 Å². The molecule has 0 N–H and O–H groups in total. The maximum Gasteiger partial charge on any atom is 0.277 e. The van der Waals surface area contributed by atoms with E-state index in [9.17, 15) is 9.18 Å². The Bertz CT molecular complexity index is 1250. The SMILES string of the molecule is O=c1cc(N2CCCCC2)nc2sc(-c3cccc(-c4ccnc(F)c4)c3)nn12. The van der Waals surface area contributed by atoms with E-state index in [4.69, 9.17) is 0 Å². The van der Waals surface area contributed by atoms with Gasteiger partial charge in [-0.25, -0.2) is 9.97 Å². The number of rotatable bonds is 3. The van der Waals surface area contributed by atoms with Crippen LogP contribution in [0.2, 0.25) is 0 Å². The zero-order valence-corrected chi connectivity index (χ0v) is 16.4. The lowest BCUT2D eigenvalue weighted by Crippen LogP contribution is -2.31. The van der Waals surface area contributed by atoms with Crippen molar-refractivity contribution < 1.29 is 4.39 Å². The molecule has 0 bridgehead atoms. The van der Waals surface area contributed by atoms with E-state index in [1.165, 1.54) is 34.5 Å². The molecule has 5 rings (SSSR count). The van der Waals surface area contributed by atoms with E-state index in [1.807, 2.05) is 24.3 Å². The largest absolute Gasteiger partial charge is 0.356 e. The van der Waals surface area contributed by atoms with Crippen molar-refractivity contribution in [3.63, 3.8) is 0 Å². The Hall–Kier alpha value is -3.13. The van der Waals surface area contributed by atoms with Crippen molar-refractivity contribution >= 4 is 22.1 Å². The van der Waals surface area contributed by atoms with Gasteiger partial charge in [0.2, 0.25) is 10.9 Å². The summed E-state index contributed by atoms with van der Waals surface area (Å²) in [5, 5.41) is 5.17. The van der Waals surface area contributed by atoms with E-state index in [-0.39, 0.29) is 5.56 Å². The molecule has 1 aromatic carbocycles. The van der Waals surface area contributed by atoms with Crippen LogP contribution in [0.4, 0.5) is 10.2 Å². The number of nitrogens with zero attached hydrogens (tertiary/aromatic N) is 5. The van der Waals surface area contributed by atoms with Crippen molar-refractivity contribution in [1.82, 2.24) is 19.6 Å². The average molecular weight is 407 g/mol. The Morgan fingerprint density at radius 3 is 2.59 bits per heavy atom. The van der Waals surface area contributed by atoms with Crippen LogP contribution in [-0.2, 0) is 0 Å². The first-order valence-electron chi connectivity index (χ1n) is 9.56. The van der Waals surface area contributed by atoms with Gasteiger partial charge in [0, 0.05) is 37.0 Å². The maximum absolute atomic E-state index is 13.5. The molecule has 0 saturated carbocycles. The molecule has 146 valence electrons. The topological polar surface area (TPSA) is 63.4 Å². The number of hydrogen-bond donors (Lipinski definition) is 0. The van der Waals surface area contributed by atoms with Gasteiger partial charge in [-0.15, -0.1) is 0 Å². The number of piperidine rings is 1. The molecule has 0 atom stereocenters. The predicted molar refractivity (Wildman–Crippen MR) is 112 cm³/mol. The summed E-state index contributed by atoms with van der Waals surface area (Å²) >= 11 is 1.38. The smallest absolute Gasteiger partial charge is 0.277 e. The molecular formula is C21H18FN5OS. The number of hydrogen-bond acceptors (Lipinski definition) is 6. The molecule has 1 fully saturated rings. The lowest BCUT2D eigenvalue weighted by molar-refractivity contribution is 0.573. The zero-order chi connectivity index (χ0) is 19.8. The fourth-order valence-corrected chi connectivity index (χ4v) is 4.51. The highest BCUT2D eigenvalue weighted by Gasteiger charge is 2.16. The summed E-state index contributed by atoms with van der Waals surface area (Å²) in [6, 6.07) is 12.4. The van der Waals surface area contributed by atoms with Gasteiger partial charge in [-0.1, -0.05) is 29.5 Å². The van der Waals surface area contributed by atoms with Crippen LogP contribution >= 0.6 is 11.3 Å². The number of aromatic nitrogens is 4. The Morgan fingerprint density at radius 1 is 0.966 bits per heavy atom. The van der Waals surface area contributed by atoms with Gasteiger partial charge in [-0.2, -0.15) is 14.0 Å². The summed E-state index contributed by atoms with van der Waals surface area (Å²) in [5.74, 6) is 0.208. The summed E-state index contributed by atoms with van der Waals surface area (Å²) < 4.78 is 14.8. The molecule has 0 aliphatic carbocycles. The normalized spacial score (nSPS) is 14.4. The molecule has 3 aromatic heterocycles. The zero-order valence-electron chi connectivity index (χ0n) is 15.6. The standard InChI is InChI=1S/C21H18FN5OS/c22-17-12-15(7-8-23-17)14-5-4-6-16(11-14)20-25-27-19(28)13-18(24-21(27)29-20)26-9-2-1-3-10-26/h4-8,11-13H,1-3,9-10H2. The molecule has 1 saturated heterocycles. The van der Waals surface area contributed by atoms with Gasteiger partial charge in [0.05, 0.1) is 0 Å². The minimum Gasteiger partial charge on any atom is -0.356 e. The van der Waals surface area contributed by atoms with Gasteiger partial charge in [-0.3, -0.25) is 4.79 Å². The second-order valence-electron chi connectivity index (χ2n) is 7.05. The Kier molecular flexibility index (Phi) is 4.55. The highest BCUT2D eigenvalue weighted by atomic mass is 32.1. The number of halogens is 1. The summed E-state index contributed by atoms with van der Waals surface area (Å²) in [6.07, 6.45) is 4.91. The molecule has 0 radical (unpaired) electrons. The van der Waals surface area contributed by atoms with Crippen LogP contribution in [0.25, 0.3) is 26.7 Å². The van der Waals surface area contributed by atoms with Crippen LogP contribution in [0, 0.1) is 5.95 Å². The monoisotopic (exact) mass is 407 g/mol. The molecular weight excluding hydrogens is 389 g/mol. The van der Waals surface area contributed by atoms with E-state index >= 15 is 0 Å². The molecule has 0 spiro atoms. The second-order valence-corrected chi connectivity index (χ2v) is 8.01. The van der Waals surface area contributed by atoms with Crippen LogP contribution in [0.15, 0.2) is 53.5 Å². The number of fused-ring (bicyclic) bond motifs is 1. The first kappa shape index (κ1) is 17.9. The fourth-order valence-electron chi connectivity index (χ4n) is 3.61. The summed E-state index contributed by atoms with van der Waals surface area (Å²) in [4.78, 5) is 23.6. The van der Waals surface area contributed by atoms with Crippen LogP contribution < -0.4 is 10.5 Å². The minimum atomic E-state index is -0.520. The fraction of sp³-hybridized carbons (Fsp3) is 0.238. The molecule has 29 heavy (non-hydrogen) atoms. The molecule has 0 amide bonds. The summed E-state index contributed by atoms with van der Waals surface area (Å²) in [6.45, 7) is 1.86. The van der Waals surface area contributed by atoms with Crippen LogP contribution in [-0.4, -0.2) is 32.7 Å². The maximum atomic E-state index is 13.5. The summed E-state index contributed by atoms with van der Waals surface area (Å²) in [7, 11) is 0. The van der Waals surface area contributed by atoms with Gasteiger partial charge >= 0.3 is 0 Å². The van der Waals surface area contributed by atoms with Crippen molar-refractivity contribution in [2.24, 2.45) is 0 Å². The van der Waals surface area contributed by atoms with E-state index in [2.05, 4.69) is 20.0 Å². The highest BCUT2D eigenvalue weighted by Crippen LogP contribution is 2.29.